The van der Waals surface area contributed by atoms with Gasteiger partial charge >= 0.3 is 0 Å². The van der Waals surface area contributed by atoms with Gasteiger partial charge in [-0.2, -0.15) is 5.10 Å². The van der Waals surface area contributed by atoms with Crippen LogP contribution in [0.3, 0.4) is 0 Å². The molecule has 1 saturated heterocycles. The zero-order chi connectivity index (χ0) is 20.2. The van der Waals surface area contributed by atoms with Crippen LogP contribution in [0.4, 0.5) is 0 Å². The van der Waals surface area contributed by atoms with E-state index in [0.717, 1.165) is 48.2 Å². The standard InChI is InChI=1S/C24H24N4O2/c1-14-4-7-18-22(29)21(10-20-17-3-2-8-25-24(17)27-26-20)30-23(18)19(14)13-28-11-15-5-6-16(9-15)12-28/h2-4,7-8,10,15-16H,5-6,9,11-13H2,1H3,(H,25,26,27)/b21-10-. The van der Waals surface area contributed by atoms with Gasteiger partial charge in [0.05, 0.1) is 11.3 Å². The normalized spacial score (nSPS) is 24.6. The molecule has 2 aliphatic heterocycles. The van der Waals surface area contributed by atoms with E-state index in [2.05, 4.69) is 27.0 Å². The molecule has 2 bridgehead atoms. The number of carbonyl (C=O) groups is 1. The number of aromatic amines is 1. The van der Waals surface area contributed by atoms with E-state index in [-0.39, 0.29) is 5.78 Å². The van der Waals surface area contributed by atoms with Crippen LogP contribution in [-0.2, 0) is 6.54 Å². The Labute approximate surface area is 174 Å². The highest BCUT2D eigenvalue weighted by Crippen LogP contribution is 2.40. The molecular formula is C24H24N4O2. The topological polar surface area (TPSA) is 71.1 Å². The molecule has 2 fully saturated rings. The summed E-state index contributed by atoms with van der Waals surface area (Å²) in [7, 11) is 0. The average molecular weight is 400 g/mol. The van der Waals surface area contributed by atoms with Crippen molar-refractivity contribution in [2.45, 2.75) is 32.7 Å². The van der Waals surface area contributed by atoms with Crippen LogP contribution in [0.5, 0.6) is 5.75 Å². The van der Waals surface area contributed by atoms with Gasteiger partial charge in [-0.25, -0.2) is 4.98 Å². The minimum absolute atomic E-state index is 0.0787. The van der Waals surface area contributed by atoms with Crippen molar-refractivity contribution in [2.75, 3.05) is 13.1 Å². The molecule has 0 radical (unpaired) electrons. The van der Waals surface area contributed by atoms with E-state index in [0.29, 0.717) is 22.7 Å². The number of carbonyl (C=O) groups excluding carboxylic acids is 1. The number of benzene rings is 1. The number of hydrogen-bond acceptors (Lipinski definition) is 5. The molecule has 6 nitrogen and oxygen atoms in total. The number of nitrogens with one attached hydrogen (secondary N) is 1. The molecule has 2 aromatic heterocycles. The number of piperidine rings is 1. The predicted molar refractivity (Wildman–Crippen MR) is 114 cm³/mol. The molecule has 2 atom stereocenters. The van der Waals surface area contributed by atoms with Crippen LogP contribution in [0.2, 0.25) is 0 Å². The minimum atomic E-state index is -0.0787. The van der Waals surface area contributed by atoms with Gasteiger partial charge in [0, 0.05) is 42.9 Å². The van der Waals surface area contributed by atoms with E-state index >= 15 is 0 Å². The van der Waals surface area contributed by atoms with Crippen LogP contribution >= 0.6 is 0 Å². The van der Waals surface area contributed by atoms with Crippen molar-refractivity contribution >= 4 is 22.9 Å². The second-order valence-electron chi connectivity index (χ2n) is 8.93. The van der Waals surface area contributed by atoms with Crippen molar-refractivity contribution in [3.05, 3.63) is 58.6 Å². The van der Waals surface area contributed by atoms with Crippen molar-refractivity contribution in [1.29, 1.82) is 0 Å². The molecule has 1 saturated carbocycles. The molecule has 1 aromatic carbocycles. The number of H-pyrrole nitrogens is 1. The first-order valence-electron chi connectivity index (χ1n) is 10.7. The number of hydrogen-bond donors (Lipinski definition) is 1. The Hall–Kier alpha value is -2.99. The maximum Gasteiger partial charge on any atom is 0.232 e. The Balaban J connectivity index is 1.33. The number of aromatic nitrogens is 3. The molecule has 3 aliphatic rings. The third kappa shape index (κ3) is 2.86. The number of allylic oxidation sites excluding steroid dienone is 1. The number of pyridine rings is 1. The molecule has 0 spiro atoms. The highest BCUT2D eigenvalue weighted by Gasteiger charge is 2.35. The van der Waals surface area contributed by atoms with Crippen molar-refractivity contribution in [2.24, 2.45) is 11.8 Å². The fraction of sp³-hybridized carbons (Fsp3) is 0.375. The summed E-state index contributed by atoms with van der Waals surface area (Å²) in [5, 5.41) is 8.09. The van der Waals surface area contributed by atoms with Crippen molar-refractivity contribution in [3.63, 3.8) is 0 Å². The van der Waals surface area contributed by atoms with E-state index < -0.39 is 0 Å². The summed E-state index contributed by atoms with van der Waals surface area (Å²) in [5.74, 6) is 2.64. The summed E-state index contributed by atoms with van der Waals surface area (Å²) in [4.78, 5) is 19.9. The molecule has 4 heterocycles. The first kappa shape index (κ1) is 17.8. The summed E-state index contributed by atoms with van der Waals surface area (Å²) in [6, 6.07) is 7.73. The lowest BCUT2D eigenvalue weighted by molar-refractivity contribution is 0.101. The van der Waals surface area contributed by atoms with Crippen LogP contribution in [0.15, 0.2) is 36.2 Å². The van der Waals surface area contributed by atoms with Crippen LogP contribution < -0.4 is 4.74 Å². The van der Waals surface area contributed by atoms with Gasteiger partial charge in [0.15, 0.2) is 11.4 Å². The zero-order valence-corrected chi connectivity index (χ0v) is 17.0. The van der Waals surface area contributed by atoms with Gasteiger partial charge in [-0.15, -0.1) is 0 Å². The lowest BCUT2D eigenvalue weighted by Gasteiger charge is -2.32. The summed E-state index contributed by atoms with van der Waals surface area (Å²) in [6.07, 6.45) is 7.55. The Morgan fingerprint density at radius 3 is 2.90 bits per heavy atom. The Morgan fingerprint density at radius 1 is 1.23 bits per heavy atom. The first-order valence-corrected chi connectivity index (χ1v) is 10.7. The molecule has 0 amide bonds. The van der Waals surface area contributed by atoms with Gasteiger partial charge in [-0.3, -0.25) is 14.8 Å². The molecule has 3 aromatic rings. The quantitative estimate of drug-likeness (QED) is 0.670. The number of likely N-dealkylation sites (tertiary alicyclic amines) is 1. The molecule has 2 unspecified atom stereocenters. The number of ketones is 1. The van der Waals surface area contributed by atoms with Gasteiger partial charge in [0.2, 0.25) is 5.78 Å². The van der Waals surface area contributed by atoms with E-state index in [1.54, 1.807) is 12.3 Å². The summed E-state index contributed by atoms with van der Waals surface area (Å²) in [5.41, 5.74) is 4.33. The van der Waals surface area contributed by atoms with Gasteiger partial charge in [-0.05, 0) is 61.8 Å². The molecular weight excluding hydrogens is 376 g/mol. The van der Waals surface area contributed by atoms with E-state index in [9.17, 15) is 4.79 Å². The number of rotatable bonds is 3. The van der Waals surface area contributed by atoms with Crippen molar-refractivity contribution in [1.82, 2.24) is 20.1 Å². The van der Waals surface area contributed by atoms with Crippen molar-refractivity contribution < 1.29 is 9.53 Å². The Bertz CT molecular complexity index is 1180. The molecule has 152 valence electrons. The summed E-state index contributed by atoms with van der Waals surface area (Å²) < 4.78 is 6.17. The molecule has 6 heteroatoms. The zero-order valence-electron chi connectivity index (χ0n) is 17.0. The fourth-order valence-electron chi connectivity index (χ4n) is 5.38. The van der Waals surface area contributed by atoms with E-state index in [1.807, 2.05) is 24.3 Å². The lowest BCUT2D eigenvalue weighted by atomic mass is 9.96. The van der Waals surface area contributed by atoms with Crippen LogP contribution in [0.1, 0.15) is 46.4 Å². The number of fused-ring (bicyclic) bond motifs is 4. The van der Waals surface area contributed by atoms with E-state index in [1.165, 1.54) is 24.8 Å². The maximum absolute atomic E-state index is 13.1. The molecule has 1 N–H and O–H groups in total. The number of ether oxygens (including phenoxy) is 1. The molecule has 6 rings (SSSR count). The monoisotopic (exact) mass is 400 g/mol. The second-order valence-corrected chi connectivity index (χ2v) is 8.93. The van der Waals surface area contributed by atoms with Crippen LogP contribution in [0.25, 0.3) is 17.1 Å². The summed E-state index contributed by atoms with van der Waals surface area (Å²) in [6.45, 7) is 5.26. The SMILES string of the molecule is Cc1ccc2c(c1CN1CC3CCC(C3)C1)O/C(=C\c1n[nH]c3ncccc13)C2=O. The Kier molecular flexibility index (Phi) is 4.03. The molecule has 1 aliphatic carbocycles. The van der Waals surface area contributed by atoms with Gasteiger partial charge in [-0.1, -0.05) is 6.07 Å². The lowest BCUT2D eigenvalue weighted by Crippen LogP contribution is -2.36. The molecule has 30 heavy (non-hydrogen) atoms. The minimum Gasteiger partial charge on any atom is -0.452 e. The van der Waals surface area contributed by atoms with Crippen LogP contribution in [-0.4, -0.2) is 39.0 Å². The predicted octanol–water partition coefficient (Wildman–Crippen LogP) is 4.11. The van der Waals surface area contributed by atoms with Gasteiger partial charge < -0.3 is 4.74 Å². The van der Waals surface area contributed by atoms with Crippen molar-refractivity contribution in [3.8, 4) is 5.75 Å². The maximum atomic E-state index is 13.1. The second kappa shape index (κ2) is 6.77. The third-order valence-electron chi connectivity index (χ3n) is 6.87. The largest absolute Gasteiger partial charge is 0.452 e. The number of aryl methyl sites for hydroxylation is 1. The van der Waals surface area contributed by atoms with Crippen LogP contribution in [0, 0.1) is 18.8 Å². The van der Waals surface area contributed by atoms with E-state index in [4.69, 9.17) is 4.74 Å². The number of nitrogens with zero attached hydrogens (tertiary/aromatic N) is 3. The summed E-state index contributed by atoms with van der Waals surface area (Å²) >= 11 is 0. The smallest absolute Gasteiger partial charge is 0.232 e. The highest BCUT2D eigenvalue weighted by atomic mass is 16.5. The fourth-order valence-corrected chi connectivity index (χ4v) is 5.38. The van der Waals surface area contributed by atoms with Gasteiger partial charge in [0.1, 0.15) is 5.75 Å². The first-order chi connectivity index (χ1) is 14.7. The number of Topliss-reactive ketones (excluding diaryl/α,β-unsaturated/α-hetero) is 1. The van der Waals surface area contributed by atoms with Gasteiger partial charge in [0.25, 0.3) is 0 Å². The highest BCUT2D eigenvalue weighted by molar-refractivity contribution is 6.15. The Morgan fingerprint density at radius 2 is 2.07 bits per heavy atom. The average Bonchev–Trinajstić information content (AvgIpc) is 3.41. The third-order valence-corrected chi connectivity index (χ3v) is 6.87.